The van der Waals surface area contributed by atoms with Gasteiger partial charge in [0, 0.05) is 5.56 Å². The number of aromatic carboxylic acids is 1. The maximum absolute atomic E-state index is 10.6. The third-order valence-corrected chi connectivity index (χ3v) is 1.63. The summed E-state index contributed by atoms with van der Waals surface area (Å²) < 4.78 is 9.69. The van der Waals surface area contributed by atoms with Crippen LogP contribution in [-0.2, 0) is 0 Å². The van der Waals surface area contributed by atoms with Gasteiger partial charge in [-0.2, -0.15) is 0 Å². The summed E-state index contributed by atoms with van der Waals surface area (Å²) in [6.07, 6.45) is 0. The summed E-state index contributed by atoms with van der Waals surface area (Å²) in [5, 5.41) is 10.6. The molecule has 70 valence electrons. The maximum atomic E-state index is 10.6. The molecule has 0 unspecified atom stereocenters. The molecule has 0 fully saturated rings. The molecule has 0 saturated heterocycles. The number of benzene rings is 1. The van der Waals surface area contributed by atoms with Gasteiger partial charge in [-0.1, -0.05) is 0 Å². The Bertz CT molecular complexity index is 319. The Balaban J connectivity index is 3.18. The van der Waals surface area contributed by atoms with Crippen LogP contribution >= 0.6 is 0 Å². The van der Waals surface area contributed by atoms with E-state index in [0.29, 0.717) is 5.75 Å². The van der Waals surface area contributed by atoms with E-state index >= 15 is 0 Å². The number of rotatable bonds is 3. The van der Waals surface area contributed by atoms with Crippen LogP contribution in [0.5, 0.6) is 11.5 Å². The van der Waals surface area contributed by atoms with Crippen LogP contribution in [-0.4, -0.2) is 20.2 Å². The molecule has 0 radical (unpaired) electrons. The summed E-state index contributed by atoms with van der Waals surface area (Å²) in [7, 11) is 2.86. The second kappa shape index (κ2) is 3.80. The van der Waals surface area contributed by atoms with Crippen LogP contribution < -0.4 is 14.6 Å². The Morgan fingerprint density at radius 1 is 1.31 bits per heavy atom. The zero-order valence-electron chi connectivity index (χ0n) is 7.37. The molecule has 4 nitrogen and oxygen atoms in total. The molecular formula is C9H9O4-. The van der Waals surface area contributed by atoms with Crippen molar-refractivity contribution in [2.75, 3.05) is 14.2 Å². The molecule has 0 spiro atoms. The standard InChI is InChI=1S/C9H10O4/c1-12-6-3-4-8(13-2)7(5-6)9(10)11/h3-5H,1-2H3,(H,10,11)/p-1. The van der Waals surface area contributed by atoms with Crippen molar-refractivity contribution in [1.82, 2.24) is 0 Å². The van der Waals surface area contributed by atoms with Crippen molar-refractivity contribution in [1.29, 1.82) is 0 Å². The average Bonchev–Trinajstić information content (AvgIpc) is 2.16. The smallest absolute Gasteiger partial charge is 0.128 e. The lowest BCUT2D eigenvalue weighted by Crippen LogP contribution is -2.22. The molecule has 0 bridgehead atoms. The fourth-order valence-corrected chi connectivity index (χ4v) is 0.974. The fraction of sp³-hybridized carbons (Fsp3) is 0.222. The minimum Gasteiger partial charge on any atom is -0.545 e. The van der Waals surface area contributed by atoms with E-state index in [1.807, 2.05) is 0 Å². The normalized spacial score (nSPS) is 9.38. The second-order valence-electron chi connectivity index (χ2n) is 2.35. The van der Waals surface area contributed by atoms with Crippen LogP contribution in [0.4, 0.5) is 0 Å². The molecule has 0 amide bonds. The van der Waals surface area contributed by atoms with Gasteiger partial charge in [-0.05, 0) is 18.2 Å². The highest BCUT2D eigenvalue weighted by molar-refractivity contribution is 5.89. The number of carbonyl (C=O) groups excluding carboxylic acids is 1. The van der Waals surface area contributed by atoms with Gasteiger partial charge < -0.3 is 19.4 Å². The zero-order valence-corrected chi connectivity index (χ0v) is 7.37. The van der Waals surface area contributed by atoms with E-state index in [2.05, 4.69) is 0 Å². The summed E-state index contributed by atoms with van der Waals surface area (Å²) >= 11 is 0. The van der Waals surface area contributed by atoms with E-state index in [4.69, 9.17) is 9.47 Å². The zero-order chi connectivity index (χ0) is 9.84. The first-order chi connectivity index (χ1) is 6.19. The van der Waals surface area contributed by atoms with Gasteiger partial charge in [-0.15, -0.1) is 0 Å². The number of methoxy groups -OCH3 is 2. The van der Waals surface area contributed by atoms with E-state index in [-0.39, 0.29) is 11.3 Å². The molecule has 13 heavy (non-hydrogen) atoms. The van der Waals surface area contributed by atoms with E-state index < -0.39 is 5.97 Å². The van der Waals surface area contributed by atoms with Crippen molar-refractivity contribution in [2.24, 2.45) is 0 Å². The van der Waals surface area contributed by atoms with E-state index in [0.717, 1.165) is 0 Å². The summed E-state index contributed by atoms with van der Waals surface area (Å²) in [5.74, 6) is -0.559. The van der Waals surface area contributed by atoms with Crippen molar-refractivity contribution >= 4 is 5.97 Å². The molecule has 0 aliphatic carbocycles. The number of carboxylic acid groups (broad SMARTS) is 1. The van der Waals surface area contributed by atoms with Crippen LogP contribution in [0.15, 0.2) is 18.2 Å². The number of hydrogen-bond donors (Lipinski definition) is 0. The minimum absolute atomic E-state index is 0.0122. The molecule has 0 aliphatic rings. The van der Waals surface area contributed by atoms with Crippen LogP contribution in [0.2, 0.25) is 0 Å². The van der Waals surface area contributed by atoms with Gasteiger partial charge in [0.2, 0.25) is 0 Å². The van der Waals surface area contributed by atoms with Gasteiger partial charge in [-0.25, -0.2) is 0 Å². The van der Waals surface area contributed by atoms with Crippen LogP contribution in [0, 0.1) is 0 Å². The SMILES string of the molecule is COc1ccc(OC)c(C(=O)[O-])c1. The lowest BCUT2D eigenvalue weighted by atomic mass is 10.2. The molecule has 1 aromatic rings. The Hall–Kier alpha value is -1.71. The molecule has 0 saturated carbocycles. The monoisotopic (exact) mass is 181 g/mol. The Kier molecular flexibility index (Phi) is 2.74. The molecule has 0 aromatic heterocycles. The lowest BCUT2D eigenvalue weighted by Gasteiger charge is -2.10. The van der Waals surface area contributed by atoms with Gasteiger partial charge >= 0.3 is 0 Å². The Morgan fingerprint density at radius 3 is 2.46 bits per heavy atom. The van der Waals surface area contributed by atoms with E-state index in [9.17, 15) is 9.90 Å². The lowest BCUT2D eigenvalue weighted by molar-refractivity contribution is -0.255. The highest BCUT2D eigenvalue weighted by atomic mass is 16.5. The highest BCUT2D eigenvalue weighted by Gasteiger charge is 2.04. The molecule has 0 aliphatic heterocycles. The van der Waals surface area contributed by atoms with Crippen molar-refractivity contribution in [3.05, 3.63) is 23.8 Å². The first-order valence-electron chi connectivity index (χ1n) is 3.62. The van der Waals surface area contributed by atoms with Crippen LogP contribution in [0.3, 0.4) is 0 Å². The van der Waals surface area contributed by atoms with Crippen molar-refractivity contribution < 1.29 is 19.4 Å². The van der Waals surface area contributed by atoms with Crippen molar-refractivity contribution in [3.63, 3.8) is 0 Å². The molecule has 0 N–H and O–H groups in total. The van der Waals surface area contributed by atoms with E-state index in [1.165, 1.54) is 26.4 Å². The average molecular weight is 181 g/mol. The molecule has 0 atom stereocenters. The fourth-order valence-electron chi connectivity index (χ4n) is 0.974. The van der Waals surface area contributed by atoms with E-state index in [1.54, 1.807) is 6.07 Å². The third-order valence-electron chi connectivity index (χ3n) is 1.63. The molecule has 4 heteroatoms. The third kappa shape index (κ3) is 1.90. The number of ether oxygens (including phenoxy) is 2. The quantitative estimate of drug-likeness (QED) is 0.662. The predicted molar refractivity (Wildman–Crippen MR) is 43.9 cm³/mol. The minimum atomic E-state index is -1.28. The summed E-state index contributed by atoms with van der Waals surface area (Å²) in [6.45, 7) is 0. The Labute approximate surface area is 75.7 Å². The first kappa shape index (κ1) is 9.38. The number of carboxylic acids is 1. The number of carbonyl (C=O) groups is 1. The van der Waals surface area contributed by atoms with Gasteiger partial charge in [0.05, 0.1) is 20.2 Å². The second-order valence-corrected chi connectivity index (χ2v) is 2.35. The molecule has 0 heterocycles. The molecule has 1 aromatic carbocycles. The topological polar surface area (TPSA) is 58.6 Å². The van der Waals surface area contributed by atoms with Gasteiger partial charge in [0.15, 0.2) is 0 Å². The molecule has 1 rings (SSSR count). The number of hydrogen-bond acceptors (Lipinski definition) is 4. The Morgan fingerprint density at radius 2 is 2.00 bits per heavy atom. The summed E-state index contributed by atoms with van der Waals surface area (Å²) in [4.78, 5) is 10.6. The van der Waals surface area contributed by atoms with Crippen molar-refractivity contribution in [3.8, 4) is 11.5 Å². The largest absolute Gasteiger partial charge is 0.545 e. The van der Waals surface area contributed by atoms with Gasteiger partial charge in [0.25, 0.3) is 0 Å². The highest BCUT2D eigenvalue weighted by Crippen LogP contribution is 2.22. The summed E-state index contributed by atoms with van der Waals surface area (Å²) in [5.41, 5.74) is -0.0122. The maximum Gasteiger partial charge on any atom is 0.128 e. The van der Waals surface area contributed by atoms with Gasteiger partial charge in [0.1, 0.15) is 11.5 Å². The molecular weight excluding hydrogens is 172 g/mol. The van der Waals surface area contributed by atoms with Crippen LogP contribution in [0.1, 0.15) is 10.4 Å². The predicted octanol–water partition coefficient (Wildman–Crippen LogP) is 0.0673. The van der Waals surface area contributed by atoms with Crippen molar-refractivity contribution in [2.45, 2.75) is 0 Å². The van der Waals surface area contributed by atoms with Gasteiger partial charge in [-0.3, -0.25) is 0 Å². The van der Waals surface area contributed by atoms with Crippen LogP contribution in [0.25, 0.3) is 0 Å². The summed E-state index contributed by atoms with van der Waals surface area (Å²) in [6, 6.07) is 4.49. The first-order valence-corrected chi connectivity index (χ1v) is 3.62.